The van der Waals surface area contributed by atoms with Crippen molar-refractivity contribution in [2.45, 2.75) is 52.6 Å². The molecule has 35 heavy (non-hydrogen) atoms. The van der Waals surface area contributed by atoms with Gasteiger partial charge in [-0.3, -0.25) is 4.79 Å². The number of aromatic nitrogens is 5. The molecular formula is C26H28N8O. The number of hydrogen-bond acceptors (Lipinski definition) is 7. The van der Waals surface area contributed by atoms with Gasteiger partial charge in [0.05, 0.1) is 5.56 Å². The van der Waals surface area contributed by atoms with Gasteiger partial charge in [-0.2, -0.15) is 10.2 Å². The maximum atomic E-state index is 13.2. The summed E-state index contributed by atoms with van der Waals surface area (Å²) in [5.41, 5.74) is 4.62. The van der Waals surface area contributed by atoms with E-state index in [9.17, 15) is 10.1 Å². The Morgan fingerprint density at radius 2 is 2.00 bits per heavy atom. The summed E-state index contributed by atoms with van der Waals surface area (Å²) in [5, 5.41) is 16.9. The highest BCUT2D eigenvalue weighted by atomic mass is 16.1. The average molecular weight is 469 g/mol. The van der Waals surface area contributed by atoms with E-state index >= 15 is 0 Å². The first-order valence-corrected chi connectivity index (χ1v) is 11.8. The molecule has 1 aliphatic heterocycles. The number of hydrogen-bond donors (Lipinski definition) is 2. The highest BCUT2D eigenvalue weighted by molar-refractivity contribution is 5.77. The Bertz CT molecular complexity index is 1530. The summed E-state index contributed by atoms with van der Waals surface area (Å²) in [6, 6.07) is 12.1. The number of anilines is 2. The second-order valence-electron chi connectivity index (χ2n) is 9.73. The second-order valence-corrected chi connectivity index (χ2v) is 9.73. The van der Waals surface area contributed by atoms with Gasteiger partial charge in [-0.1, -0.05) is 26.8 Å². The van der Waals surface area contributed by atoms with E-state index in [1.54, 1.807) is 15.4 Å². The van der Waals surface area contributed by atoms with Gasteiger partial charge in [0.1, 0.15) is 11.5 Å². The van der Waals surface area contributed by atoms with E-state index in [0.29, 0.717) is 34.9 Å². The van der Waals surface area contributed by atoms with Gasteiger partial charge in [0.25, 0.3) is 5.56 Å². The molecule has 0 aliphatic carbocycles. The van der Waals surface area contributed by atoms with Crippen molar-refractivity contribution in [3.8, 4) is 11.9 Å². The van der Waals surface area contributed by atoms with Crippen LogP contribution in [0.3, 0.4) is 0 Å². The van der Waals surface area contributed by atoms with Gasteiger partial charge in [-0.25, -0.2) is 19.3 Å². The number of pyridine rings is 1. The summed E-state index contributed by atoms with van der Waals surface area (Å²) in [7, 11) is 0. The number of rotatable bonds is 4. The zero-order chi connectivity index (χ0) is 24.7. The van der Waals surface area contributed by atoms with Gasteiger partial charge in [0.2, 0.25) is 5.95 Å². The van der Waals surface area contributed by atoms with Crippen LogP contribution >= 0.6 is 0 Å². The highest BCUT2D eigenvalue weighted by Crippen LogP contribution is 2.26. The molecule has 5 rings (SSSR count). The quantitative estimate of drug-likeness (QED) is 0.471. The van der Waals surface area contributed by atoms with Gasteiger partial charge < -0.3 is 10.6 Å². The van der Waals surface area contributed by atoms with Crippen LogP contribution in [-0.4, -0.2) is 30.9 Å². The van der Waals surface area contributed by atoms with Crippen LogP contribution in [0.1, 0.15) is 50.1 Å². The van der Waals surface area contributed by atoms with Gasteiger partial charge >= 0.3 is 0 Å². The minimum Gasteiger partial charge on any atom is -0.324 e. The van der Waals surface area contributed by atoms with Crippen LogP contribution in [0, 0.1) is 11.3 Å². The average Bonchev–Trinajstić information content (AvgIpc) is 3.13. The molecule has 9 heteroatoms. The molecule has 4 heterocycles. The third-order valence-electron chi connectivity index (χ3n) is 6.29. The Hall–Kier alpha value is -4.03. The maximum absolute atomic E-state index is 13.2. The second kappa shape index (κ2) is 8.64. The van der Waals surface area contributed by atoms with Crippen LogP contribution < -0.4 is 16.2 Å². The van der Waals surface area contributed by atoms with Crippen molar-refractivity contribution < 1.29 is 0 Å². The predicted molar refractivity (Wildman–Crippen MR) is 135 cm³/mol. The fourth-order valence-corrected chi connectivity index (χ4v) is 4.39. The van der Waals surface area contributed by atoms with Gasteiger partial charge in [-0.15, -0.1) is 0 Å². The van der Waals surface area contributed by atoms with Crippen molar-refractivity contribution in [1.82, 2.24) is 29.6 Å². The molecule has 0 saturated carbocycles. The lowest BCUT2D eigenvalue weighted by Crippen LogP contribution is -2.23. The van der Waals surface area contributed by atoms with E-state index in [1.807, 2.05) is 19.1 Å². The number of fused-ring (bicyclic) bond motifs is 2. The first kappa shape index (κ1) is 22.7. The van der Waals surface area contributed by atoms with Gasteiger partial charge in [0, 0.05) is 36.1 Å². The van der Waals surface area contributed by atoms with E-state index in [2.05, 4.69) is 54.6 Å². The van der Waals surface area contributed by atoms with Crippen LogP contribution in [0.15, 0.2) is 41.3 Å². The normalized spacial score (nSPS) is 13.5. The third-order valence-corrected chi connectivity index (χ3v) is 6.29. The van der Waals surface area contributed by atoms with E-state index in [1.165, 1.54) is 17.3 Å². The first-order chi connectivity index (χ1) is 16.8. The fourth-order valence-electron chi connectivity index (χ4n) is 4.39. The van der Waals surface area contributed by atoms with Crippen LogP contribution in [0.25, 0.3) is 16.9 Å². The third kappa shape index (κ3) is 4.06. The zero-order valence-electron chi connectivity index (χ0n) is 20.4. The van der Waals surface area contributed by atoms with E-state index < -0.39 is 0 Å². The lowest BCUT2D eigenvalue weighted by molar-refractivity contribution is 0.544. The zero-order valence-corrected chi connectivity index (χ0v) is 20.4. The predicted octanol–water partition coefficient (Wildman–Crippen LogP) is 3.56. The lowest BCUT2D eigenvalue weighted by atomic mass is 9.91. The molecule has 0 unspecified atom stereocenters. The van der Waals surface area contributed by atoms with Crippen molar-refractivity contribution in [2.75, 3.05) is 11.9 Å². The summed E-state index contributed by atoms with van der Waals surface area (Å²) in [5.74, 6) is 0.763. The Morgan fingerprint density at radius 1 is 1.17 bits per heavy atom. The lowest BCUT2D eigenvalue weighted by Gasteiger charge is -2.20. The molecule has 2 N–H and O–H groups in total. The number of benzene rings is 1. The smallest absolute Gasteiger partial charge is 0.278 e. The number of nitrogens with one attached hydrogen (secondary N) is 2. The molecule has 1 aromatic carbocycles. The van der Waals surface area contributed by atoms with E-state index in [0.717, 1.165) is 30.9 Å². The molecular weight excluding hydrogens is 440 g/mol. The van der Waals surface area contributed by atoms with Crippen LogP contribution in [0.2, 0.25) is 0 Å². The molecule has 0 amide bonds. The summed E-state index contributed by atoms with van der Waals surface area (Å²) in [4.78, 5) is 27.1. The molecule has 0 bridgehead atoms. The Labute approximate surface area is 203 Å². The molecule has 1 aliphatic rings. The molecule has 3 aromatic heterocycles. The minimum atomic E-state index is -0.229. The molecule has 0 atom stereocenters. The topological polar surface area (TPSA) is 113 Å². The molecule has 0 radical (unpaired) electrons. The van der Waals surface area contributed by atoms with Crippen molar-refractivity contribution >= 4 is 22.7 Å². The first-order valence-electron chi connectivity index (χ1n) is 11.8. The van der Waals surface area contributed by atoms with Crippen molar-refractivity contribution in [2.24, 2.45) is 0 Å². The largest absolute Gasteiger partial charge is 0.324 e. The number of nitrogens with zero attached hydrogens (tertiary/aromatic N) is 6. The minimum absolute atomic E-state index is 0.220. The summed E-state index contributed by atoms with van der Waals surface area (Å²) in [6.07, 6.45) is 2.51. The summed E-state index contributed by atoms with van der Waals surface area (Å²) in [6.45, 7) is 10.3. The molecule has 4 aromatic rings. The van der Waals surface area contributed by atoms with Gasteiger partial charge in [0.15, 0.2) is 11.5 Å². The van der Waals surface area contributed by atoms with Crippen LogP contribution in [-0.2, 0) is 24.9 Å². The number of nitriles is 1. The summed E-state index contributed by atoms with van der Waals surface area (Å²) >= 11 is 0. The van der Waals surface area contributed by atoms with E-state index in [4.69, 9.17) is 9.97 Å². The fraction of sp³-hybridized carbons (Fsp3) is 0.346. The van der Waals surface area contributed by atoms with Crippen molar-refractivity contribution in [3.05, 3.63) is 69.3 Å². The molecule has 0 saturated heterocycles. The van der Waals surface area contributed by atoms with Crippen LogP contribution in [0.4, 0.5) is 11.6 Å². The highest BCUT2D eigenvalue weighted by Gasteiger charge is 2.23. The molecule has 0 spiro atoms. The monoisotopic (exact) mass is 468 g/mol. The molecule has 9 nitrogen and oxygen atoms in total. The molecule has 0 fully saturated rings. The summed E-state index contributed by atoms with van der Waals surface area (Å²) < 4.78 is 3.20. The molecule has 178 valence electrons. The standard InChI is InChI=1S/C26H28N8O/c1-5-33-24(35)20-15-29-25(30-19-8-6-18-14-28-11-10-16(18)12-19)32-23(20)34(33)22-17(13-27)7-9-21(31-22)26(2,3)4/h6-9,12,15,28H,5,10-11,14H2,1-4H3,(H,29,30,32). The van der Waals surface area contributed by atoms with Crippen molar-refractivity contribution in [1.29, 1.82) is 5.26 Å². The Morgan fingerprint density at radius 3 is 2.74 bits per heavy atom. The maximum Gasteiger partial charge on any atom is 0.278 e. The van der Waals surface area contributed by atoms with E-state index in [-0.39, 0.29) is 11.0 Å². The SMILES string of the molecule is CCn1c(=O)c2cnc(Nc3ccc4c(c3)CCNC4)nc2n1-c1nc(C(C)(C)C)ccc1C#N. The Balaban J connectivity index is 1.66. The Kier molecular flexibility index (Phi) is 5.61. The van der Waals surface area contributed by atoms with Gasteiger partial charge in [-0.05, 0) is 55.3 Å². The van der Waals surface area contributed by atoms with Crippen molar-refractivity contribution in [3.63, 3.8) is 0 Å². The van der Waals surface area contributed by atoms with Crippen LogP contribution in [0.5, 0.6) is 0 Å².